The number of hydrogen-bond donors (Lipinski definition) is 3. The molecule has 27 heavy (non-hydrogen) atoms. The van der Waals surface area contributed by atoms with Crippen LogP contribution in [0, 0.1) is 0 Å². The zero-order valence-corrected chi connectivity index (χ0v) is 15.0. The first kappa shape index (κ1) is 17.0. The van der Waals surface area contributed by atoms with Crippen LogP contribution in [0.4, 0.5) is 5.82 Å². The van der Waals surface area contributed by atoms with Crippen LogP contribution >= 0.6 is 0 Å². The number of carboxylic acid groups (broad SMARTS) is 1. The predicted molar refractivity (Wildman–Crippen MR) is 101 cm³/mol. The predicted octanol–water partition coefficient (Wildman–Crippen LogP) is 3.31. The van der Waals surface area contributed by atoms with Crippen LogP contribution in [0.15, 0.2) is 36.4 Å². The van der Waals surface area contributed by atoms with Crippen LogP contribution in [0.1, 0.15) is 27.0 Å². The number of nitrogens with zero attached hydrogens (tertiary/aromatic N) is 1. The molecule has 1 heterocycles. The van der Waals surface area contributed by atoms with E-state index < -0.39 is 5.97 Å². The Kier molecular flexibility index (Phi) is 4.19. The van der Waals surface area contributed by atoms with Gasteiger partial charge in [0.15, 0.2) is 17.3 Å². The van der Waals surface area contributed by atoms with E-state index in [9.17, 15) is 4.79 Å². The Bertz CT molecular complexity index is 1030. The maximum Gasteiger partial charge on any atom is 0.335 e. The van der Waals surface area contributed by atoms with Crippen molar-refractivity contribution in [3.8, 4) is 22.8 Å². The minimum atomic E-state index is -0.934. The molecule has 0 fully saturated rings. The molecule has 3 aromatic rings. The van der Waals surface area contributed by atoms with Crippen LogP contribution < -0.4 is 14.8 Å². The second-order valence-corrected chi connectivity index (χ2v) is 6.33. The molecule has 0 unspecified atom stereocenters. The van der Waals surface area contributed by atoms with Crippen molar-refractivity contribution in [1.82, 2.24) is 10.2 Å². The molecule has 0 atom stereocenters. The molecule has 138 valence electrons. The molecule has 0 saturated heterocycles. The number of carboxylic acids is 1. The normalized spacial score (nSPS) is 11.6. The second kappa shape index (κ2) is 6.68. The average Bonchev–Trinajstić information content (AvgIpc) is 3.24. The highest BCUT2D eigenvalue weighted by atomic mass is 16.5. The van der Waals surface area contributed by atoms with Crippen molar-refractivity contribution in [2.75, 3.05) is 19.5 Å². The lowest BCUT2D eigenvalue weighted by Gasteiger charge is -2.10. The average molecular weight is 365 g/mol. The molecule has 0 saturated carbocycles. The maximum absolute atomic E-state index is 11.1. The molecule has 4 rings (SSSR count). The minimum absolute atomic E-state index is 0.271. The molecule has 1 aliphatic carbocycles. The van der Waals surface area contributed by atoms with Crippen LogP contribution in [0.25, 0.3) is 11.3 Å². The molecule has 1 aliphatic rings. The molecule has 0 aliphatic heterocycles. The van der Waals surface area contributed by atoms with E-state index in [1.54, 1.807) is 32.4 Å². The van der Waals surface area contributed by atoms with E-state index in [1.165, 1.54) is 0 Å². The third-order valence-electron chi connectivity index (χ3n) is 4.75. The van der Waals surface area contributed by atoms with Crippen molar-refractivity contribution in [3.63, 3.8) is 0 Å². The first-order valence-corrected chi connectivity index (χ1v) is 8.49. The number of aromatic nitrogens is 2. The number of anilines is 1. The van der Waals surface area contributed by atoms with Gasteiger partial charge in [-0.05, 0) is 35.4 Å². The lowest BCUT2D eigenvalue weighted by Crippen LogP contribution is -2.04. The van der Waals surface area contributed by atoms with Gasteiger partial charge in [-0.3, -0.25) is 5.10 Å². The van der Waals surface area contributed by atoms with Crippen LogP contribution in [0.3, 0.4) is 0 Å². The summed E-state index contributed by atoms with van der Waals surface area (Å²) in [5.74, 6) is 1.21. The first-order valence-electron chi connectivity index (χ1n) is 8.49. The second-order valence-electron chi connectivity index (χ2n) is 6.33. The van der Waals surface area contributed by atoms with Crippen molar-refractivity contribution < 1.29 is 19.4 Å². The summed E-state index contributed by atoms with van der Waals surface area (Å²) < 4.78 is 10.8. The van der Waals surface area contributed by atoms with Gasteiger partial charge in [0.2, 0.25) is 0 Å². The molecule has 0 radical (unpaired) electrons. The molecule has 0 spiro atoms. The van der Waals surface area contributed by atoms with Gasteiger partial charge in [-0.15, -0.1) is 0 Å². The zero-order chi connectivity index (χ0) is 19.0. The topological polar surface area (TPSA) is 96.5 Å². The summed E-state index contributed by atoms with van der Waals surface area (Å²) in [5.41, 5.74) is 5.39. The van der Waals surface area contributed by atoms with E-state index in [4.69, 9.17) is 14.6 Å². The molecule has 2 aromatic carbocycles. The number of rotatable bonds is 6. The van der Waals surface area contributed by atoms with Gasteiger partial charge in [0.05, 0.1) is 25.5 Å². The van der Waals surface area contributed by atoms with Crippen molar-refractivity contribution in [1.29, 1.82) is 0 Å². The summed E-state index contributed by atoms with van der Waals surface area (Å²) in [7, 11) is 3.24. The number of carbonyl (C=O) groups is 1. The largest absolute Gasteiger partial charge is 0.493 e. The van der Waals surface area contributed by atoms with Gasteiger partial charge in [0.25, 0.3) is 0 Å². The molecular weight excluding hydrogens is 346 g/mol. The smallest absolute Gasteiger partial charge is 0.335 e. The Morgan fingerprint density at radius 3 is 2.74 bits per heavy atom. The summed E-state index contributed by atoms with van der Waals surface area (Å²) in [5, 5.41) is 19.9. The van der Waals surface area contributed by atoms with Gasteiger partial charge in [0.1, 0.15) is 0 Å². The van der Waals surface area contributed by atoms with E-state index in [2.05, 4.69) is 15.5 Å². The summed E-state index contributed by atoms with van der Waals surface area (Å²) in [6.45, 7) is 0.488. The third kappa shape index (κ3) is 2.97. The fourth-order valence-corrected chi connectivity index (χ4v) is 3.40. The molecular formula is C20H19N3O4. The number of aromatic carboxylic acids is 1. The number of ether oxygens (including phenoxy) is 2. The molecule has 0 bridgehead atoms. The standard InChI is InChI=1S/C20H19N3O4/c1-26-16-8-13-7-15-18(14(13)9-17(16)27-2)22-23-19(15)21-10-11-4-3-5-12(6-11)20(24)25/h3-6,8-9H,7,10H2,1-2H3,(H,24,25)(H2,21,22,23). The van der Waals surface area contributed by atoms with E-state index in [0.29, 0.717) is 18.0 Å². The number of benzene rings is 2. The lowest BCUT2D eigenvalue weighted by atomic mass is 10.1. The van der Waals surface area contributed by atoms with E-state index >= 15 is 0 Å². The number of methoxy groups -OCH3 is 2. The van der Waals surface area contributed by atoms with Gasteiger partial charge in [-0.2, -0.15) is 5.10 Å². The van der Waals surface area contributed by atoms with Crippen molar-refractivity contribution in [3.05, 3.63) is 58.7 Å². The van der Waals surface area contributed by atoms with Gasteiger partial charge < -0.3 is 19.9 Å². The fourth-order valence-electron chi connectivity index (χ4n) is 3.40. The summed E-state index contributed by atoms with van der Waals surface area (Å²) in [6.07, 6.45) is 0.735. The Morgan fingerprint density at radius 2 is 2.00 bits per heavy atom. The Labute approximate surface area is 155 Å². The van der Waals surface area contributed by atoms with Crippen molar-refractivity contribution >= 4 is 11.8 Å². The number of fused-ring (bicyclic) bond motifs is 3. The highest BCUT2D eigenvalue weighted by Gasteiger charge is 2.26. The van der Waals surface area contributed by atoms with Gasteiger partial charge >= 0.3 is 5.97 Å². The van der Waals surface area contributed by atoms with Crippen LogP contribution in [0.2, 0.25) is 0 Å². The van der Waals surface area contributed by atoms with Gasteiger partial charge in [-0.25, -0.2) is 4.79 Å². The van der Waals surface area contributed by atoms with E-state index in [1.807, 2.05) is 18.2 Å². The van der Waals surface area contributed by atoms with Crippen LogP contribution in [-0.2, 0) is 13.0 Å². The lowest BCUT2D eigenvalue weighted by molar-refractivity contribution is 0.0696. The number of H-pyrrole nitrogens is 1. The molecule has 3 N–H and O–H groups in total. The molecule has 7 nitrogen and oxygen atoms in total. The maximum atomic E-state index is 11.1. The Morgan fingerprint density at radius 1 is 1.22 bits per heavy atom. The Balaban J connectivity index is 1.57. The number of aromatic amines is 1. The van der Waals surface area contributed by atoms with E-state index in [0.717, 1.165) is 40.2 Å². The highest BCUT2D eigenvalue weighted by Crippen LogP contribution is 2.43. The van der Waals surface area contributed by atoms with Gasteiger partial charge in [0, 0.05) is 24.1 Å². The highest BCUT2D eigenvalue weighted by molar-refractivity contribution is 5.87. The zero-order valence-electron chi connectivity index (χ0n) is 15.0. The molecule has 7 heteroatoms. The van der Waals surface area contributed by atoms with Crippen molar-refractivity contribution in [2.24, 2.45) is 0 Å². The van der Waals surface area contributed by atoms with E-state index in [-0.39, 0.29) is 5.56 Å². The summed E-state index contributed by atoms with van der Waals surface area (Å²) >= 11 is 0. The summed E-state index contributed by atoms with van der Waals surface area (Å²) in [4.78, 5) is 11.1. The fraction of sp³-hybridized carbons (Fsp3) is 0.200. The molecule has 0 amide bonds. The Hall–Kier alpha value is -3.48. The van der Waals surface area contributed by atoms with Crippen molar-refractivity contribution in [2.45, 2.75) is 13.0 Å². The number of hydrogen-bond acceptors (Lipinski definition) is 5. The monoisotopic (exact) mass is 365 g/mol. The molecule has 1 aromatic heterocycles. The first-order chi connectivity index (χ1) is 13.1. The minimum Gasteiger partial charge on any atom is -0.493 e. The summed E-state index contributed by atoms with van der Waals surface area (Å²) in [6, 6.07) is 10.8. The third-order valence-corrected chi connectivity index (χ3v) is 4.75. The van der Waals surface area contributed by atoms with Crippen LogP contribution in [-0.4, -0.2) is 35.5 Å². The SMILES string of the molecule is COc1cc2c(cc1OC)-c1[nH]nc(NCc3cccc(C(=O)O)c3)c1C2. The van der Waals surface area contributed by atoms with Crippen LogP contribution in [0.5, 0.6) is 11.5 Å². The quantitative estimate of drug-likeness (QED) is 0.485. The van der Waals surface area contributed by atoms with Gasteiger partial charge in [-0.1, -0.05) is 12.1 Å². The number of nitrogens with one attached hydrogen (secondary N) is 2.